The largest absolute Gasteiger partial charge is 0.356 e. The van der Waals surface area contributed by atoms with Crippen LogP contribution in [0.25, 0.3) is 10.9 Å². The number of para-hydroxylation sites is 1. The summed E-state index contributed by atoms with van der Waals surface area (Å²) < 4.78 is 13.1. The number of aromatic amines is 1. The quantitative estimate of drug-likeness (QED) is 0.554. The zero-order valence-corrected chi connectivity index (χ0v) is 17.5. The number of nitrogens with one attached hydrogen (secondary N) is 1. The van der Waals surface area contributed by atoms with Crippen LogP contribution in [0.5, 0.6) is 0 Å². The molecule has 1 atom stereocenters. The summed E-state index contributed by atoms with van der Waals surface area (Å²) in [5, 5.41) is 1.24. The van der Waals surface area contributed by atoms with Crippen molar-refractivity contribution in [2.75, 3.05) is 6.54 Å². The van der Waals surface area contributed by atoms with Crippen LogP contribution in [0.4, 0.5) is 4.39 Å². The third-order valence-electron chi connectivity index (χ3n) is 5.91. The van der Waals surface area contributed by atoms with E-state index in [1.807, 2.05) is 17.0 Å². The summed E-state index contributed by atoms with van der Waals surface area (Å²) in [5.41, 5.74) is 3.99. The molecular weight excluding hydrogens is 379 g/mol. The predicted molar refractivity (Wildman–Crippen MR) is 116 cm³/mol. The molecule has 1 N–H and O–H groups in total. The number of amides is 1. The molecule has 0 radical (unpaired) electrons. The number of benzene rings is 2. The van der Waals surface area contributed by atoms with Crippen LogP contribution < -0.4 is 0 Å². The Hall–Kier alpha value is -2.95. The highest BCUT2D eigenvalue weighted by molar-refractivity contribution is 5.98. The molecular formula is C25H27FN2O2. The van der Waals surface area contributed by atoms with Gasteiger partial charge >= 0.3 is 0 Å². The minimum Gasteiger partial charge on any atom is -0.356 e. The van der Waals surface area contributed by atoms with Crippen LogP contribution in [-0.2, 0) is 11.2 Å². The molecule has 156 valence electrons. The second-order valence-electron chi connectivity index (χ2n) is 8.48. The van der Waals surface area contributed by atoms with Crippen LogP contribution in [0.2, 0.25) is 0 Å². The molecule has 1 aliphatic rings. The number of rotatable bonds is 6. The SMILES string of the molecule is CC(C)C[C@@H]1c2[nH]c3ccccc3c2CCN1C(=O)CCC(=O)c1ccc(F)cc1. The van der Waals surface area contributed by atoms with Gasteiger partial charge in [0.05, 0.1) is 6.04 Å². The number of Topliss-reactive ketones (excluding diaryl/α,β-unsaturated/α-hetero) is 1. The molecule has 3 aromatic rings. The van der Waals surface area contributed by atoms with Gasteiger partial charge in [-0.2, -0.15) is 0 Å². The molecule has 4 nitrogen and oxygen atoms in total. The molecule has 0 saturated carbocycles. The summed E-state index contributed by atoms with van der Waals surface area (Å²) >= 11 is 0. The molecule has 2 aromatic carbocycles. The highest BCUT2D eigenvalue weighted by Crippen LogP contribution is 2.38. The molecule has 4 rings (SSSR count). The minimum atomic E-state index is -0.374. The predicted octanol–water partition coefficient (Wildman–Crippen LogP) is 5.44. The third-order valence-corrected chi connectivity index (χ3v) is 5.91. The lowest BCUT2D eigenvalue weighted by atomic mass is 9.91. The van der Waals surface area contributed by atoms with E-state index in [-0.39, 0.29) is 36.4 Å². The van der Waals surface area contributed by atoms with E-state index < -0.39 is 0 Å². The van der Waals surface area contributed by atoms with Crippen molar-refractivity contribution in [3.05, 3.63) is 71.2 Å². The topological polar surface area (TPSA) is 53.2 Å². The number of nitrogens with zero attached hydrogens (tertiary/aromatic N) is 1. The normalized spacial score (nSPS) is 16.1. The molecule has 0 spiro atoms. The van der Waals surface area contributed by atoms with Crippen LogP contribution in [-0.4, -0.2) is 28.1 Å². The number of H-pyrrole nitrogens is 1. The number of hydrogen-bond acceptors (Lipinski definition) is 2. The van der Waals surface area contributed by atoms with Gasteiger partial charge < -0.3 is 9.88 Å². The van der Waals surface area contributed by atoms with Gasteiger partial charge in [0.25, 0.3) is 0 Å². The van der Waals surface area contributed by atoms with E-state index in [1.165, 1.54) is 35.2 Å². The molecule has 30 heavy (non-hydrogen) atoms. The summed E-state index contributed by atoms with van der Waals surface area (Å²) in [6.45, 7) is 4.99. The first-order valence-corrected chi connectivity index (χ1v) is 10.6. The maximum atomic E-state index is 13.1. The fourth-order valence-corrected chi connectivity index (χ4v) is 4.45. The number of fused-ring (bicyclic) bond motifs is 3. The van der Waals surface area contributed by atoms with Gasteiger partial charge in [0, 0.05) is 41.5 Å². The van der Waals surface area contributed by atoms with E-state index in [0.717, 1.165) is 24.1 Å². The monoisotopic (exact) mass is 406 g/mol. The fourth-order valence-electron chi connectivity index (χ4n) is 4.45. The van der Waals surface area contributed by atoms with Gasteiger partial charge in [-0.3, -0.25) is 9.59 Å². The average Bonchev–Trinajstić information content (AvgIpc) is 3.11. The third kappa shape index (κ3) is 4.02. The molecule has 1 aliphatic heterocycles. The highest BCUT2D eigenvalue weighted by atomic mass is 19.1. The molecule has 0 unspecified atom stereocenters. The number of ketones is 1. The van der Waals surface area contributed by atoms with Gasteiger partial charge in [0.2, 0.25) is 5.91 Å². The van der Waals surface area contributed by atoms with Crippen molar-refractivity contribution in [1.29, 1.82) is 0 Å². The van der Waals surface area contributed by atoms with Crippen molar-refractivity contribution in [2.45, 2.75) is 45.6 Å². The standard InChI is InChI=1S/C25H27FN2O2/c1-16(2)15-22-25-20(19-5-3-4-6-21(19)27-25)13-14-28(22)24(30)12-11-23(29)17-7-9-18(26)10-8-17/h3-10,16,22,27H,11-15H2,1-2H3/t22-/m1/s1. The number of carbonyl (C=O) groups excluding carboxylic acids is 2. The van der Waals surface area contributed by atoms with Gasteiger partial charge in [-0.1, -0.05) is 32.0 Å². The zero-order chi connectivity index (χ0) is 21.3. The van der Waals surface area contributed by atoms with Crippen LogP contribution in [0.3, 0.4) is 0 Å². The van der Waals surface area contributed by atoms with Crippen molar-refractivity contribution < 1.29 is 14.0 Å². The average molecular weight is 407 g/mol. The number of hydrogen-bond donors (Lipinski definition) is 1. The Balaban J connectivity index is 1.52. The molecule has 2 heterocycles. The first-order chi connectivity index (χ1) is 14.4. The smallest absolute Gasteiger partial charge is 0.223 e. The number of aromatic nitrogens is 1. The second kappa shape index (κ2) is 8.42. The Kier molecular flexibility index (Phi) is 5.71. The summed E-state index contributed by atoms with van der Waals surface area (Å²) in [5.74, 6) is -0.0717. The first-order valence-electron chi connectivity index (χ1n) is 10.6. The van der Waals surface area contributed by atoms with E-state index in [2.05, 4.69) is 31.0 Å². The maximum Gasteiger partial charge on any atom is 0.223 e. The van der Waals surface area contributed by atoms with Gasteiger partial charge in [0.1, 0.15) is 5.82 Å². The summed E-state index contributed by atoms with van der Waals surface area (Å²) in [7, 11) is 0. The first kappa shape index (κ1) is 20.3. The van der Waals surface area contributed by atoms with E-state index in [9.17, 15) is 14.0 Å². The number of halogens is 1. The van der Waals surface area contributed by atoms with Crippen molar-refractivity contribution in [1.82, 2.24) is 9.88 Å². The lowest BCUT2D eigenvalue weighted by molar-refractivity contribution is -0.134. The highest BCUT2D eigenvalue weighted by Gasteiger charge is 2.33. The van der Waals surface area contributed by atoms with Crippen molar-refractivity contribution in [2.24, 2.45) is 5.92 Å². The summed E-state index contributed by atoms with van der Waals surface area (Å²) in [4.78, 5) is 31.0. The van der Waals surface area contributed by atoms with Gasteiger partial charge in [0.15, 0.2) is 5.78 Å². The molecule has 5 heteroatoms. The molecule has 1 aromatic heterocycles. The van der Waals surface area contributed by atoms with E-state index in [4.69, 9.17) is 0 Å². The van der Waals surface area contributed by atoms with Crippen molar-refractivity contribution >= 4 is 22.6 Å². The fraction of sp³-hybridized carbons (Fsp3) is 0.360. The Morgan fingerprint density at radius 1 is 1.10 bits per heavy atom. The molecule has 0 saturated heterocycles. The lowest BCUT2D eigenvalue weighted by Gasteiger charge is -2.37. The maximum absolute atomic E-state index is 13.1. The van der Waals surface area contributed by atoms with Gasteiger partial charge in [-0.05, 0) is 54.7 Å². The Labute approximate surface area is 176 Å². The lowest BCUT2D eigenvalue weighted by Crippen LogP contribution is -2.40. The van der Waals surface area contributed by atoms with Crippen LogP contribution in [0.15, 0.2) is 48.5 Å². The van der Waals surface area contributed by atoms with E-state index in [1.54, 1.807) is 0 Å². The Bertz CT molecular complexity index is 1070. The van der Waals surface area contributed by atoms with Gasteiger partial charge in [-0.25, -0.2) is 4.39 Å². The molecule has 0 aliphatic carbocycles. The van der Waals surface area contributed by atoms with Gasteiger partial charge in [-0.15, -0.1) is 0 Å². The second-order valence-corrected chi connectivity index (χ2v) is 8.48. The Morgan fingerprint density at radius 3 is 2.57 bits per heavy atom. The van der Waals surface area contributed by atoms with Crippen LogP contribution in [0, 0.1) is 11.7 Å². The van der Waals surface area contributed by atoms with Crippen LogP contribution in [0.1, 0.15) is 60.8 Å². The Morgan fingerprint density at radius 2 is 1.83 bits per heavy atom. The van der Waals surface area contributed by atoms with E-state index >= 15 is 0 Å². The number of carbonyl (C=O) groups is 2. The van der Waals surface area contributed by atoms with E-state index in [0.29, 0.717) is 18.0 Å². The van der Waals surface area contributed by atoms with Crippen molar-refractivity contribution in [3.8, 4) is 0 Å². The molecule has 1 amide bonds. The zero-order valence-electron chi connectivity index (χ0n) is 17.5. The molecule has 0 fully saturated rings. The minimum absolute atomic E-state index is 0.000387. The summed E-state index contributed by atoms with van der Waals surface area (Å²) in [6, 6.07) is 13.8. The molecule has 0 bridgehead atoms. The van der Waals surface area contributed by atoms with Crippen molar-refractivity contribution in [3.63, 3.8) is 0 Å². The van der Waals surface area contributed by atoms with Crippen LogP contribution >= 0.6 is 0 Å². The summed E-state index contributed by atoms with van der Waals surface area (Å²) in [6.07, 6.45) is 1.98.